The summed E-state index contributed by atoms with van der Waals surface area (Å²) >= 11 is 6.15. The van der Waals surface area contributed by atoms with Gasteiger partial charge in [0.15, 0.2) is 0 Å². The fourth-order valence-electron chi connectivity index (χ4n) is 4.18. The topological polar surface area (TPSA) is 86.8 Å². The molecule has 0 saturated carbocycles. The van der Waals surface area contributed by atoms with Gasteiger partial charge in [-0.15, -0.1) is 0 Å². The summed E-state index contributed by atoms with van der Waals surface area (Å²) in [6.07, 6.45) is 0.505. The van der Waals surface area contributed by atoms with E-state index in [-0.39, 0.29) is 17.3 Å². The molecule has 0 aliphatic rings. The van der Waals surface area contributed by atoms with Crippen molar-refractivity contribution in [3.63, 3.8) is 0 Å². The predicted molar refractivity (Wildman–Crippen MR) is 156 cm³/mol. The highest BCUT2D eigenvalue weighted by atomic mass is 35.5. The first-order valence-electron chi connectivity index (χ1n) is 12.8. The van der Waals surface area contributed by atoms with Crippen LogP contribution in [0.15, 0.2) is 83.8 Å². The molecule has 208 valence electrons. The molecule has 0 spiro atoms. The molecule has 0 aromatic heterocycles. The van der Waals surface area contributed by atoms with Crippen LogP contribution in [0.4, 0.5) is 5.69 Å². The van der Waals surface area contributed by atoms with Crippen LogP contribution in [0.1, 0.15) is 38.8 Å². The minimum absolute atomic E-state index is 0.0570. The van der Waals surface area contributed by atoms with Gasteiger partial charge in [0.05, 0.1) is 10.6 Å². The maximum atomic E-state index is 13.9. The summed E-state index contributed by atoms with van der Waals surface area (Å²) in [5.74, 6) is -0.805. The molecular formula is C30H36ClN3O4S. The van der Waals surface area contributed by atoms with Crippen LogP contribution in [0, 0.1) is 6.92 Å². The van der Waals surface area contributed by atoms with E-state index in [1.165, 1.54) is 17.0 Å². The lowest BCUT2D eigenvalue weighted by Gasteiger charge is -2.33. The van der Waals surface area contributed by atoms with Crippen molar-refractivity contribution in [3.8, 4) is 0 Å². The maximum absolute atomic E-state index is 13.9. The van der Waals surface area contributed by atoms with Crippen molar-refractivity contribution in [2.24, 2.45) is 0 Å². The monoisotopic (exact) mass is 569 g/mol. The Bertz CT molecular complexity index is 1390. The third-order valence-corrected chi connectivity index (χ3v) is 8.20. The first-order valence-corrected chi connectivity index (χ1v) is 14.6. The van der Waals surface area contributed by atoms with Crippen molar-refractivity contribution in [1.29, 1.82) is 0 Å². The van der Waals surface area contributed by atoms with Gasteiger partial charge in [-0.05, 0) is 82.5 Å². The Kier molecular flexibility index (Phi) is 9.80. The number of nitrogens with one attached hydrogen (secondary N) is 1. The van der Waals surface area contributed by atoms with Crippen LogP contribution in [-0.4, -0.2) is 49.8 Å². The summed E-state index contributed by atoms with van der Waals surface area (Å²) in [6, 6.07) is 21.6. The van der Waals surface area contributed by atoms with Crippen LogP contribution >= 0.6 is 11.6 Å². The lowest BCUT2D eigenvalue weighted by atomic mass is 10.1. The summed E-state index contributed by atoms with van der Waals surface area (Å²) < 4.78 is 28.8. The number of aryl methyl sites for hydroxylation is 1. The second-order valence-electron chi connectivity index (χ2n) is 10.5. The SMILES string of the molecule is Cc1cc(Cl)ccc1N(CC(=O)N(CCc1ccccc1)C(C)C(=O)NC(C)(C)C)S(=O)(=O)c1ccccc1. The average molecular weight is 570 g/mol. The average Bonchev–Trinajstić information content (AvgIpc) is 2.87. The van der Waals surface area contributed by atoms with Crippen LogP contribution in [0.3, 0.4) is 0 Å². The highest BCUT2D eigenvalue weighted by molar-refractivity contribution is 7.92. The molecule has 0 saturated heterocycles. The lowest BCUT2D eigenvalue weighted by Crippen LogP contribution is -2.55. The van der Waals surface area contributed by atoms with Gasteiger partial charge in [0, 0.05) is 17.1 Å². The van der Waals surface area contributed by atoms with Crippen molar-refractivity contribution in [3.05, 3.63) is 95.0 Å². The maximum Gasteiger partial charge on any atom is 0.264 e. The largest absolute Gasteiger partial charge is 0.350 e. The minimum Gasteiger partial charge on any atom is -0.350 e. The molecule has 0 aliphatic heterocycles. The Hall–Kier alpha value is -3.36. The number of hydrogen-bond acceptors (Lipinski definition) is 4. The van der Waals surface area contributed by atoms with Gasteiger partial charge >= 0.3 is 0 Å². The molecule has 39 heavy (non-hydrogen) atoms. The number of hydrogen-bond donors (Lipinski definition) is 1. The van der Waals surface area contributed by atoms with E-state index in [9.17, 15) is 18.0 Å². The molecule has 2 amide bonds. The number of rotatable bonds is 10. The van der Waals surface area contributed by atoms with Crippen molar-refractivity contribution in [2.75, 3.05) is 17.4 Å². The van der Waals surface area contributed by atoms with Gasteiger partial charge in [0.2, 0.25) is 11.8 Å². The third-order valence-electron chi connectivity index (χ3n) is 6.19. The third kappa shape index (κ3) is 8.07. The molecule has 1 unspecified atom stereocenters. The molecule has 0 aliphatic carbocycles. The smallest absolute Gasteiger partial charge is 0.264 e. The second-order valence-corrected chi connectivity index (χ2v) is 12.8. The standard InChI is InChI=1S/C30H36ClN3O4S/c1-22-20-25(31)16-17-27(22)34(39(37,38)26-14-10-7-11-15-26)21-28(35)33(19-18-24-12-8-6-9-13-24)23(2)29(36)32-30(3,4)5/h6-17,20,23H,18-19,21H2,1-5H3,(H,32,36). The molecule has 3 aromatic rings. The molecule has 0 bridgehead atoms. The number of nitrogens with zero attached hydrogens (tertiary/aromatic N) is 2. The number of carbonyl (C=O) groups is 2. The van der Waals surface area contributed by atoms with E-state index < -0.39 is 34.1 Å². The van der Waals surface area contributed by atoms with E-state index >= 15 is 0 Å². The van der Waals surface area contributed by atoms with Gasteiger partial charge in [-0.2, -0.15) is 0 Å². The first-order chi connectivity index (χ1) is 18.3. The van der Waals surface area contributed by atoms with E-state index in [1.807, 2.05) is 51.1 Å². The van der Waals surface area contributed by atoms with E-state index in [2.05, 4.69) is 5.32 Å². The van der Waals surface area contributed by atoms with Gasteiger partial charge < -0.3 is 10.2 Å². The van der Waals surface area contributed by atoms with Crippen LogP contribution in [0.5, 0.6) is 0 Å². The van der Waals surface area contributed by atoms with Gasteiger partial charge in [-0.25, -0.2) is 8.42 Å². The van der Waals surface area contributed by atoms with Crippen molar-refractivity contribution >= 4 is 39.1 Å². The fourth-order valence-corrected chi connectivity index (χ4v) is 5.90. The molecule has 1 N–H and O–H groups in total. The van der Waals surface area contributed by atoms with Gasteiger partial charge in [-0.1, -0.05) is 60.1 Å². The summed E-state index contributed by atoms with van der Waals surface area (Å²) in [5, 5.41) is 3.38. The van der Waals surface area contributed by atoms with Crippen molar-refractivity contribution in [1.82, 2.24) is 10.2 Å². The summed E-state index contributed by atoms with van der Waals surface area (Å²) in [7, 11) is -4.12. The van der Waals surface area contributed by atoms with Gasteiger partial charge in [-0.3, -0.25) is 13.9 Å². The zero-order valence-corrected chi connectivity index (χ0v) is 24.6. The van der Waals surface area contributed by atoms with Crippen LogP contribution in [0.2, 0.25) is 5.02 Å². The lowest BCUT2D eigenvalue weighted by molar-refractivity contribution is -0.139. The number of sulfonamides is 1. The molecule has 1 atom stereocenters. The van der Waals surface area contributed by atoms with Crippen LogP contribution in [-0.2, 0) is 26.0 Å². The molecule has 0 radical (unpaired) electrons. The van der Waals surface area contributed by atoms with Crippen LogP contribution < -0.4 is 9.62 Å². The molecule has 0 fully saturated rings. The van der Waals surface area contributed by atoms with Crippen LogP contribution in [0.25, 0.3) is 0 Å². The number of anilines is 1. The van der Waals surface area contributed by atoms with Crippen molar-refractivity contribution in [2.45, 2.75) is 57.5 Å². The first kappa shape index (κ1) is 30.2. The molecule has 0 heterocycles. The highest BCUT2D eigenvalue weighted by Gasteiger charge is 2.33. The highest BCUT2D eigenvalue weighted by Crippen LogP contribution is 2.29. The van der Waals surface area contributed by atoms with Gasteiger partial charge in [0.1, 0.15) is 12.6 Å². The Morgan fingerprint density at radius 2 is 1.54 bits per heavy atom. The summed E-state index contributed by atoms with van der Waals surface area (Å²) in [4.78, 5) is 28.6. The Morgan fingerprint density at radius 3 is 2.10 bits per heavy atom. The number of amides is 2. The normalized spacial score (nSPS) is 12.5. The quantitative estimate of drug-likeness (QED) is 0.363. The molecular weight excluding hydrogens is 534 g/mol. The summed E-state index contributed by atoms with van der Waals surface area (Å²) in [5.41, 5.74) is 1.44. The Morgan fingerprint density at radius 1 is 0.949 bits per heavy atom. The number of carbonyl (C=O) groups excluding carboxylic acids is 2. The van der Waals surface area contributed by atoms with E-state index in [0.717, 1.165) is 9.87 Å². The Balaban J connectivity index is 2.01. The van der Waals surface area contributed by atoms with Crippen molar-refractivity contribution < 1.29 is 18.0 Å². The van der Waals surface area contributed by atoms with E-state index in [1.54, 1.807) is 50.2 Å². The minimum atomic E-state index is -4.12. The van der Waals surface area contributed by atoms with Gasteiger partial charge in [0.25, 0.3) is 10.0 Å². The zero-order valence-electron chi connectivity index (χ0n) is 23.0. The fraction of sp³-hybridized carbons (Fsp3) is 0.333. The molecule has 3 aromatic carbocycles. The summed E-state index contributed by atoms with van der Waals surface area (Å²) in [6.45, 7) is 8.75. The predicted octanol–water partition coefficient (Wildman–Crippen LogP) is 5.22. The molecule has 7 nitrogen and oxygen atoms in total. The molecule has 3 rings (SSSR count). The Labute approximate surface area is 236 Å². The number of halogens is 1. The molecule has 9 heteroatoms. The zero-order chi connectivity index (χ0) is 28.8. The van der Waals surface area contributed by atoms with E-state index in [4.69, 9.17) is 11.6 Å². The second kappa shape index (κ2) is 12.7. The number of benzene rings is 3. The van der Waals surface area contributed by atoms with E-state index in [0.29, 0.717) is 22.7 Å².